The van der Waals surface area contributed by atoms with Crippen molar-refractivity contribution in [1.82, 2.24) is 9.96 Å². The van der Waals surface area contributed by atoms with Gasteiger partial charge in [-0.25, -0.2) is 9.86 Å². The molecule has 0 unspecified atom stereocenters. The van der Waals surface area contributed by atoms with E-state index in [9.17, 15) is 9.59 Å². The monoisotopic (exact) mass is 426 g/mol. The number of hydroxylamine groups is 2. The Morgan fingerprint density at radius 2 is 1.50 bits per heavy atom. The first-order valence-corrected chi connectivity index (χ1v) is 10.9. The number of hydrogen-bond donors (Lipinski definition) is 0. The van der Waals surface area contributed by atoms with E-state index < -0.39 is 17.7 Å². The van der Waals surface area contributed by atoms with Crippen LogP contribution in [0.3, 0.4) is 0 Å². The summed E-state index contributed by atoms with van der Waals surface area (Å²) in [6.45, 7) is 1.02. The summed E-state index contributed by atoms with van der Waals surface area (Å²) in [6.07, 6.45) is 0.279. The lowest BCUT2D eigenvalue weighted by Gasteiger charge is -2.42. The molecule has 0 bridgehead atoms. The smallest absolute Gasteiger partial charge is 0.411 e. The molecule has 6 heteroatoms. The van der Waals surface area contributed by atoms with Gasteiger partial charge in [0.1, 0.15) is 12.1 Å². The SMILES string of the molecule is O=C([C@@H]1COC(=O)N1C1(c2ccccc2)c2ccccc2-c2ccccc21)N1CCCO1. The molecule has 1 atom stereocenters. The van der Waals surface area contributed by atoms with Crippen LogP contribution < -0.4 is 0 Å². The molecule has 160 valence electrons. The maximum atomic E-state index is 13.5. The molecule has 2 saturated heterocycles. The van der Waals surface area contributed by atoms with Crippen LogP contribution in [-0.4, -0.2) is 47.8 Å². The second kappa shape index (κ2) is 7.21. The first-order chi connectivity index (χ1) is 15.7. The molecular formula is C26H22N2O4. The van der Waals surface area contributed by atoms with Crippen molar-refractivity contribution in [3.63, 3.8) is 0 Å². The van der Waals surface area contributed by atoms with E-state index in [0.717, 1.165) is 34.2 Å². The van der Waals surface area contributed by atoms with E-state index in [1.165, 1.54) is 5.06 Å². The van der Waals surface area contributed by atoms with Crippen LogP contribution in [-0.2, 0) is 19.9 Å². The van der Waals surface area contributed by atoms with Crippen LogP contribution in [0, 0.1) is 0 Å². The summed E-state index contributed by atoms with van der Waals surface area (Å²) >= 11 is 0. The zero-order valence-electron chi connectivity index (χ0n) is 17.4. The van der Waals surface area contributed by atoms with Crippen LogP contribution in [0.4, 0.5) is 4.79 Å². The summed E-state index contributed by atoms with van der Waals surface area (Å²) in [5.74, 6) is -0.245. The molecule has 0 N–H and O–H groups in total. The number of cyclic esters (lactones) is 1. The van der Waals surface area contributed by atoms with Gasteiger partial charge in [0.2, 0.25) is 0 Å². The highest BCUT2D eigenvalue weighted by molar-refractivity contribution is 5.92. The van der Waals surface area contributed by atoms with E-state index in [-0.39, 0.29) is 12.5 Å². The molecule has 2 amide bonds. The number of hydrogen-bond acceptors (Lipinski definition) is 4. The summed E-state index contributed by atoms with van der Waals surface area (Å²) in [6, 6.07) is 25.3. The highest BCUT2D eigenvalue weighted by atomic mass is 16.7. The van der Waals surface area contributed by atoms with Crippen molar-refractivity contribution in [3.05, 3.63) is 95.6 Å². The van der Waals surface area contributed by atoms with Gasteiger partial charge in [0.25, 0.3) is 5.91 Å². The molecule has 0 spiro atoms. The van der Waals surface area contributed by atoms with Crippen LogP contribution in [0.15, 0.2) is 78.9 Å². The summed E-state index contributed by atoms with van der Waals surface area (Å²) < 4.78 is 5.53. The van der Waals surface area contributed by atoms with Gasteiger partial charge in [-0.05, 0) is 34.2 Å². The zero-order chi connectivity index (χ0) is 21.7. The van der Waals surface area contributed by atoms with Gasteiger partial charge in [0.05, 0.1) is 13.2 Å². The van der Waals surface area contributed by atoms with Gasteiger partial charge >= 0.3 is 6.09 Å². The van der Waals surface area contributed by atoms with E-state index in [1.807, 2.05) is 66.7 Å². The Morgan fingerprint density at radius 1 is 0.875 bits per heavy atom. The Morgan fingerprint density at radius 3 is 2.12 bits per heavy atom. The van der Waals surface area contributed by atoms with Crippen molar-refractivity contribution in [1.29, 1.82) is 0 Å². The van der Waals surface area contributed by atoms with Gasteiger partial charge in [-0.2, -0.15) is 0 Å². The summed E-state index contributed by atoms with van der Waals surface area (Å²) in [5, 5.41) is 1.38. The van der Waals surface area contributed by atoms with Crippen molar-refractivity contribution in [3.8, 4) is 11.1 Å². The number of fused-ring (bicyclic) bond motifs is 3. The Balaban J connectivity index is 1.63. The topological polar surface area (TPSA) is 59.1 Å². The van der Waals surface area contributed by atoms with Gasteiger partial charge in [-0.15, -0.1) is 0 Å². The van der Waals surface area contributed by atoms with Gasteiger partial charge in [0, 0.05) is 0 Å². The number of carbonyl (C=O) groups is 2. The fourth-order valence-corrected chi connectivity index (χ4v) is 5.36. The lowest BCUT2D eigenvalue weighted by molar-refractivity contribution is -0.174. The predicted molar refractivity (Wildman–Crippen MR) is 117 cm³/mol. The van der Waals surface area contributed by atoms with Crippen LogP contribution >= 0.6 is 0 Å². The molecule has 0 aromatic heterocycles. The van der Waals surface area contributed by atoms with Gasteiger partial charge in [-0.1, -0.05) is 78.9 Å². The first kappa shape index (κ1) is 19.1. The first-order valence-electron chi connectivity index (χ1n) is 10.9. The average molecular weight is 426 g/mol. The van der Waals surface area contributed by atoms with Gasteiger partial charge < -0.3 is 4.74 Å². The number of amides is 2. The Kier molecular flexibility index (Phi) is 4.30. The standard InChI is InChI=1S/C26H22N2O4/c29-24(27-15-8-16-32-27)23-17-31-25(30)28(23)26(18-9-2-1-3-10-18)21-13-6-4-11-19(21)20-12-5-7-14-22(20)26/h1-7,9-14,23H,8,15-17H2/t23-/m0/s1. The van der Waals surface area contributed by atoms with Crippen LogP contribution in [0.5, 0.6) is 0 Å². The third-order valence-corrected chi connectivity index (χ3v) is 6.63. The Hall–Kier alpha value is -3.64. The van der Waals surface area contributed by atoms with Crippen LogP contribution in [0.25, 0.3) is 11.1 Å². The van der Waals surface area contributed by atoms with E-state index in [2.05, 4.69) is 12.1 Å². The molecule has 0 radical (unpaired) electrons. The van der Waals surface area contributed by atoms with Gasteiger partial charge in [0.15, 0.2) is 6.04 Å². The lowest BCUT2D eigenvalue weighted by atomic mass is 9.78. The quantitative estimate of drug-likeness (QED) is 0.637. The minimum absolute atomic E-state index is 0.00353. The molecule has 2 heterocycles. The highest BCUT2D eigenvalue weighted by Gasteiger charge is 2.58. The van der Waals surface area contributed by atoms with Crippen molar-refractivity contribution in [2.45, 2.75) is 18.0 Å². The molecule has 1 aliphatic carbocycles. The van der Waals surface area contributed by atoms with Crippen molar-refractivity contribution >= 4 is 12.0 Å². The minimum atomic E-state index is -0.984. The Labute approximate surface area is 185 Å². The van der Waals surface area contributed by atoms with Crippen molar-refractivity contribution in [2.75, 3.05) is 19.8 Å². The van der Waals surface area contributed by atoms with E-state index in [4.69, 9.17) is 9.57 Å². The third-order valence-electron chi connectivity index (χ3n) is 6.63. The van der Waals surface area contributed by atoms with Crippen LogP contribution in [0.2, 0.25) is 0 Å². The van der Waals surface area contributed by atoms with Crippen molar-refractivity contribution in [2.24, 2.45) is 0 Å². The molecule has 2 aliphatic heterocycles. The zero-order valence-corrected chi connectivity index (χ0v) is 17.4. The average Bonchev–Trinajstić information content (AvgIpc) is 3.57. The highest BCUT2D eigenvalue weighted by Crippen LogP contribution is 2.55. The maximum Gasteiger partial charge on any atom is 0.411 e. The summed E-state index contributed by atoms with van der Waals surface area (Å²) in [5.41, 5.74) is 3.96. The normalized spacial score (nSPS) is 20.8. The molecule has 32 heavy (non-hydrogen) atoms. The number of benzene rings is 3. The Bertz CT molecular complexity index is 1160. The fourth-order valence-electron chi connectivity index (χ4n) is 5.36. The van der Waals surface area contributed by atoms with Crippen LogP contribution in [0.1, 0.15) is 23.1 Å². The number of rotatable bonds is 3. The molecule has 3 aromatic carbocycles. The van der Waals surface area contributed by atoms with E-state index in [1.54, 1.807) is 4.90 Å². The molecule has 3 aromatic rings. The molecular weight excluding hydrogens is 404 g/mol. The third kappa shape index (κ3) is 2.50. The summed E-state index contributed by atoms with van der Waals surface area (Å²) in [7, 11) is 0. The second-order valence-electron chi connectivity index (χ2n) is 8.26. The largest absolute Gasteiger partial charge is 0.447 e. The fraction of sp³-hybridized carbons (Fsp3) is 0.231. The van der Waals surface area contributed by atoms with E-state index in [0.29, 0.717) is 13.2 Å². The summed E-state index contributed by atoms with van der Waals surface area (Å²) in [4.78, 5) is 34.0. The molecule has 2 fully saturated rings. The van der Waals surface area contributed by atoms with Crippen molar-refractivity contribution < 1.29 is 19.2 Å². The minimum Gasteiger partial charge on any atom is -0.447 e. The number of ether oxygens (including phenoxy) is 1. The molecule has 6 rings (SSSR count). The second-order valence-corrected chi connectivity index (χ2v) is 8.26. The number of nitrogens with zero attached hydrogens (tertiary/aromatic N) is 2. The lowest BCUT2D eigenvalue weighted by Crippen LogP contribution is -2.56. The van der Waals surface area contributed by atoms with Gasteiger partial charge in [-0.3, -0.25) is 14.5 Å². The molecule has 0 saturated carbocycles. The maximum absolute atomic E-state index is 13.5. The predicted octanol–water partition coefficient (Wildman–Crippen LogP) is 3.94. The molecule has 3 aliphatic rings. The van der Waals surface area contributed by atoms with E-state index >= 15 is 0 Å². The number of carbonyl (C=O) groups excluding carboxylic acids is 2. The molecule has 6 nitrogen and oxygen atoms in total.